The van der Waals surface area contributed by atoms with E-state index < -0.39 is 5.97 Å². The molecule has 1 heterocycles. The smallest absolute Gasteiger partial charge is 0.336 e. The van der Waals surface area contributed by atoms with Crippen LogP contribution in [0.1, 0.15) is 23.1 Å². The van der Waals surface area contributed by atoms with Gasteiger partial charge in [-0.05, 0) is 12.1 Å². The summed E-state index contributed by atoms with van der Waals surface area (Å²) in [6, 6.07) is 6.55. The Bertz CT molecular complexity index is 519. The van der Waals surface area contributed by atoms with Crippen molar-refractivity contribution in [1.29, 1.82) is 0 Å². The maximum atomic E-state index is 11.0. The Morgan fingerprint density at radius 1 is 1.44 bits per heavy atom. The zero-order valence-electron chi connectivity index (χ0n) is 8.67. The van der Waals surface area contributed by atoms with Crippen LogP contribution in [0.5, 0.6) is 0 Å². The van der Waals surface area contributed by atoms with Crippen LogP contribution in [-0.4, -0.2) is 21.2 Å². The average molecular weight is 218 g/mol. The Balaban J connectivity index is 2.50. The molecule has 0 aliphatic rings. The summed E-state index contributed by atoms with van der Waals surface area (Å²) in [5.74, 6) is -0.197. The SMILES string of the molecule is CCc1noc(-c2ccccc2C(=O)O)n1. The van der Waals surface area contributed by atoms with Crippen LogP contribution < -0.4 is 0 Å². The van der Waals surface area contributed by atoms with E-state index in [0.717, 1.165) is 0 Å². The highest BCUT2D eigenvalue weighted by molar-refractivity contribution is 5.94. The lowest BCUT2D eigenvalue weighted by Gasteiger charge is -1.99. The molecule has 0 unspecified atom stereocenters. The van der Waals surface area contributed by atoms with E-state index in [0.29, 0.717) is 17.8 Å². The van der Waals surface area contributed by atoms with E-state index in [9.17, 15) is 4.79 Å². The monoisotopic (exact) mass is 218 g/mol. The molecule has 0 saturated heterocycles. The first-order valence-corrected chi connectivity index (χ1v) is 4.87. The second-order valence-electron chi connectivity index (χ2n) is 3.22. The van der Waals surface area contributed by atoms with Crippen molar-refractivity contribution in [3.05, 3.63) is 35.7 Å². The van der Waals surface area contributed by atoms with Gasteiger partial charge in [0, 0.05) is 6.42 Å². The predicted octanol–water partition coefficient (Wildman–Crippen LogP) is 2.00. The molecule has 5 heteroatoms. The highest BCUT2D eigenvalue weighted by Crippen LogP contribution is 2.21. The zero-order valence-corrected chi connectivity index (χ0v) is 8.67. The third-order valence-corrected chi connectivity index (χ3v) is 2.17. The molecule has 82 valence electrons. The van der Waals surface area contributed by atoms with E-state index >= 15 is 0 Å². The third-order valence-electron chi connectivity index (χ3n) is 2.17. The van der Waals surface area contributed by atoms with Gasteiger partial charge in [-0.3, -0.25) is 0 Å². The van der Waals surface area contributed by atoms with E-state index in [2.05, 4.69) is 10.1 Å². The zero-order chi connectivity index (χ0) is 11.5. The summed E-state index contributed by atoms with van der Waals surface area (Å²) >= 11 is 0. The van der Waals surface area contributed by atoms with Gasteiger partial charge >= 0.3 is 5.97 Å². The quantitative estimate of drug-likeness (QED) is 0.852. The van der Waals surface area contributed by atoms with Gasteiger partial charge in [-0.2, -0.15) is 4.98 Å². The van der Waals surface area contributed by atoms with Crippen LogP contribution in [0.2, 0.25) is 0 Å². The van der Waals surface area contributed by atoms with Crippen molar-refractivity contribution < 1.29 is 14.4 Å². The van der Waals surface area contributed by atoms with Crippen LogP contribution >= 0.6 is 0 Å². The van der Waals surface area contributed by atoms with Gasteiger partial charge in [0.05, 0.1) is 11.1 Å². The molecule has 2 rings (SSSR count). The molecule has 0 radical (unpaired) electrons. The van der Waals surface area contributed by atoms with Crippen molar-refractivity contribution in [2.24, 2.45) is 0 Å². The Kier molecular flexibility index (Phi) is 2.68. The molecule has 2 aromatic rings. The average Bonchev–Trinajstić information content (AvgIpc) is 2.77. The summed E-state index contributed by atoms with van der Waals surface area (Å²) in [4.78, 5) is 15.1. The standard InChI is InChI=1S/C11H10N2O3/c1-2-9-12-10(16-13-9)7-5-3-4-6-8(7)11(14)15/h3-6H,2H2,1H3,(H,14,15). The summed E-state index contributed by atoms with van der Waals surface area (Å²) in [5, 5.41) is 12.7. The Hall–Kier alpha value is -2.17. The number of carbonyl (C=O) groups is 1. The molecule has 16 heavy (non-hydrogen) atoms. The Morgan fingerprint density at radius 3 is 2.81 bits per heavy atom. The van der Waals surface area contributed by atoms with Crippen molar-refractivity contribution in [2.45, 2.75) is 13.3 Å². The number of aromatic carboxylic acids is 1. The van der Waals surface area contributed by atoms with Gasteiger partial charge < -0.3 is 9.63 Å². The van der Waals surface area contributed by atoms with Crippen molar-refractivity contribution in [2.75, 3.05) is 0 Å². The molecular formula is C11H10N2O3. The summed E-state index contributed by atoms with van der Waals surface area (Å²) in [6.45, 7) is 1.90. The number of hydrogen-bond acceptors (Lipinski definition) is 4. The molecule has 1 aromatic carbocycles. The molecule has 0 bridgehead atoms. The second-order valence-corrected chi connectivity index (χ2v) is 3.22. The number of aryl methyl sites for hydroxylation is 1. The first-order valence-electron chi connectivity index (χ1n) is 4.87. The number of carboxylic acids is 1. The maximum Gasteiger partial charge on any atom is 0.336 e. The molecule has 1 aromatic heterocycles. The number of carboxylic acid groups (broad SMARTS) is 1. The Morgan fingerprint density at radius 2 is 2.19 bits per heavy atom. The van der Waals surface area contributed by atoms with Gasteiger partial charge in [0.15, 0.2) is 5.82 Å². The van der Waals surface area contributed by atoms with E-state index in [1.54, 1.807) is 18.2 Å². The summed E-state index contributed by atoms with van der Waals surface area (Å²) in [5.41, 5.74) is 0.607. The molecule has 0 aliphatic carbocycles. The van der Waals surface area contributed by atoms with Crippen molar-refractivity contribution in [1.82, 2.24) is 10.1 Å². The Labute approximate surface area is 91.7 Å². The van der Waals surface area contributed by atoms with Gasteiger partial charge in [0.1, 0.15) is 0 Å². The van der Waals surface area contributed by atoms with E-state index in [4.69, 9.17) is 9.63 Å². The normalized spacial score (nSPS) is 10.3. The number of hydrogen-bond donors (Lipinski definition) is 1. The van der Waals surface area contributed by atoms with Crippen LogP contribution in [0.4, 0.5) is 0 Å². The van der Waals surface area contributed by atoms with Crippen molar-refractivity contribution in [3.63, 3.8) is 0 Å². The number of benzene rings is 1. The summed E-state index contributed by atoms with van der Waals surface area (Å²) < 4.78 is 5.01. The maximum absolute atomic E-state index is 11.0. The molecule has 0 aliphatic heterocycles. The van der Waals surface area contributed by atoms with Crippen LogP contribution in [0, 0.1) is 0 Å². The fourth-order valence-electron chi connectivity index (χ4n) is 1.36. The molecule has 5 nitrogen and oxygen atoms in total. The molecule has 0 fully saturated rings. The summed E-state index contributed by atoms with van der Waals surface area (Å²) in [7, 11) is 0. The predicted molar refractivity (Wildman–Crippen MR) is 56.1 cm³/mol. The van der Waals surface area contributed by atoms with Gasteiger partial charge in [-0.1, -0.05) is 24.2 Å². The molecular weight excluding hydrogens is 208 g/mol. The van der Waals surface area contributed by atoms with Crippen molar-refractivity contribution in [3.8, 4) is 11.5 Å². The minimum absolute atomic E-state index is 0.161. The molecule has 1 N–H and O–H groups in total. The number of aromatic nitrogens is 2. The largest absolute Gasteiger partial charge is 0.478 e. The van der Waals surface area contributed by atoms with Crippen molar-refractivity contribution >= 4 is 5.97 Å². The fourth-order valence-corrected chi connectivity index (χ4v) is 1.36. The van der Waals surface area contributed by atoms with Gasteiger partial charge in [-0.15, -0.1) is 0 Å². The minimum atomic E-state index is -1.01. The molecule has 0 atom stereocenters. The first kappa shape index (κ1) is 10.4. The molecule has 0 spiro atoms. The topological polar surface area (TPSA) is 76.2 Å². The van der Waals surface area contributed by atoms with Gasteiger partial charge in [0.2, 0.25) is 0 Å². The first-order chi connectivity index (χ1) is 7.72. The lowest BCUT2D eigenvalue weighted by atomic mass is 10.1. The molecule has 0 amide bonds. The van der Waals surface area contributed by atoms with E-state index in [-0.39, 0.29) is 11.5 Å². The third kappa shape index (κ3) is 1.79. The molecule has 0 saturated carbocycles. The second kappa shape index (κ2) is 4.14. The highest BCUT2D eigenvalue weighted by atomic mass is 16.5. The van der Waals surface area contributed by atoms with Gasteiger partial charge in [-0.25, -0.2) is 4.79 Å². The van der Waals surface area contributed by atoms with E-state index in [1.807, 2.05) is 6.92 Å². The van der Waals surface area contributed by atoms with Crippen LogP contribution in [0.15, 0.2) is 28.8 Å². The summed E-state index contributed by atoms with van der Waals surface area (Å²) in [6.07, 6.45) is 0.652. The lowest BCUT2D eigenvalue weighted by Crippen LogP contribution is -1.99. The minimum Gasteiger partial charge on any atom is -0.478 e. The van der Waals surface area contributed by atoms with Crippen LogP contribution in [0.25, 0.3) is 11.5 Å². The highest BCUT2D eigenvalue weighted by Gasteiger charge is 2.15. The number of rotatable bonds is 3. The fraction of sp³-hybridized carbons (Fsp3) is 0.182. The van der Waals surface area contributed by atoms with Gasteiger partial charge in [0.25, 0.3) is 5.89 Å². The van der Waals surface area contributed by atoms with Crippen LogP contribution in [0.3, 0.4) is 0 Å². The van der Waals surface area contributed by atoms with Crippen LogP contribution in [-0.2, 0) is 6.42 Å². The lowest BCUT2D eigenvalue weighted by molar-refractivity contribution is 0.0697. The number of nitrogens with zero attached hydrogens (tertiary/aromatic N) is 2. The van der Waals surface area contributed by atoms with E-state index in [1.165, 1.54) is 6.07 Å².